The lowest BCUT2D eigenvalue weighted by Crippen LogP contribution is -2.32. The number of hydrogen-bond acceptors (Lipinski definition) is 4. The molecule has 39 heavy (non-hydrogen) atoms. The van der Waals surface area contributed by atoms with Crippen LogP contribution in [0.15, 0.2) is 72.9 Å². The number of nitrogens with one attached hydrogen (secondary N) is 1. The molecule has 1 N–H and O–H groups in total. The van der Waals surface area contributed by atoms with Crippen LogP contribution in [-0.4, -0.2) is 22.3 Å². The minimum absolute atomic E-state index is 0.113. The molecule has 3 aromatic carbocycles. The third kappa shape index (κ3) is 5.73. The van der Waals surface area contributed by atoms with Crippen LogP contribution < -0.4 is 5.32 Å². The number of nitrogens with zero attached hydrogens (tertiary/aromatic N) is 2. The van der Waals surface area contributed by atoms with Gasteiger partial charge in [-0.3, -0.25) is 4.79 Å². The zero-order valence-corrected chi connectivity index (χ0v) is 22.6. The molecule has 4 nitrogen and oxygen atoms in total. The van der Waals surface area contributed by atoms with E-state index >= 15 is 0 Å². The molecule has 0 spiro atoms. The van der Waals surface area contributed by atoms with Gasteiger partial charge in [-0.2, -0.15) is 0 Å². The summed E-state index contributed by atoms with van der Waals surface area (Å²) < 4.78 is 13.6. The summed E-state index contributed by atoms with van der Waals surface area (Å²) in [5, 5.41) is 5.66. The van der Waals surface area contributed by atoms with Gasteiger partial charge in [0.2, 0.25) is 0 Å². The molecule has 2 bridgehead atoms. The molecule has 2 aliphatic rings. The second-order valence-corrected chi connectivity index (χ2v) is 11.8. The maximum absolute atomic E-state index is 13.6. The standard InChI is InChI=1S/C34H36FN3O/c1-2-34(18-24-7-8-25(15-24)19-34)20-31-33(37-22-32(38-31)27-11-13-29(35)14-12-27)36-21-30(39)17-23-9-10-26-5-3-4-6-28(26)16-23/h3-6,9-14,16,22,24-25H,2,7-8,15,17-21H2,1H3,(H,36,37). The Bertz CT molecular complexity index is 1470. The maximum atomic E-state index is 13.6. The van der Waals surface area contributed by atoms with E-state index < -0.39 is 0 Å². The van der Waals surface area contributed by atoms with Gasteiger partial charge < -0.3 is 5.32 Å². The van der Waals surface area contributed by atoms with Crippen LogP contribution in [0.25, 0.3) is 22.0 Å². The van der Waals surface area contributed by atoms with E-state index in [0.717, 1.165) is 52.6 Å². The summed E-state index contributed by atoms with van der Waals surface area (Å²) in [4.78, 5) is 22.8. The number of benzene rings is 3. The zero-order chi connectivity index (χ0) is 26.8. The lowest BCUT2D eigenvalue weighted by Gasteiger charge is -2.40. The van der Waals surface area contributed by atoms with Gasteiger partial charge in [0.05, 0.1) is 24.1 Å². The summed E-state index contributed by atoms with van der Waals surface area (Å²) in [5.41, 5.74) is 3.73. The quantitative estimate of drug-likeness (QED) is 0.244. The lowest BCUT2D eigenvalue weighted by atomic mass is 9.65. The van der Waals surface area contributed by atoms with E-state index in [1.807, 2.05) is 18.2 Å². The summed E-state index contributed by atoms with van der Waals surface area (Å²) in [7, 11) is 0. The van der Waals surface area contributed by atoms with Crippen molar-refractivity contribution in [1.82, 2.24) is 9.97 Å². The van der Waals surface area contributed by atoms with E-state index in [1.54, 1.807) is 18.3 Å². The van der Waals surface area contributed by atoms with Crippen LogP contribution in [0.1, 0.15) is 56.7 Å². The van der Waals surface area contributed by atoms with Crippen molar-refractivity contribution in [2.75, 3.05) is 11.9 Å². The van der Waals surface area contributed by atoms with Crippen LogP contribution in [0.2, 0.25) is 0 Å². The highest BCUT2D eigenvalue weighted by atomic mass is 19.1. The second kappa shape index (κ2) is 10.9. The number of rotatable bonds is 9. The van der Waals surface area contributed by atoms with Crippen molar-refractivity contribution in [2.24, 2.45) is 17.3 Å². The minimum atomic E-state index is -0.266. The Morgan fingerprint density at radius 1 is 1.00 bits per heavy atom. The highest BCUT2D eigenvalue weighted by Gasteiger charge is 2.43. The fraction of sp³-hybridized carbons (Fsp3) is 0.382. The van der Waals surface area contributed by atoms with E-state index in [1.165, 1.54) is 49.6 Å². The topological polar surface area (TPSA) is 54.9 Å². The molecule has 2 atom stereocenters. The lowest BCUT2D eigenvalue weighted by molar-refractivity contribution is -0.116. The summed E-state index contributed by atoms with van der Waals surface area (Å²) >= 11 is 0. The first-order valence-electron chi connectivity index (χ1n) is 14.3. The van der Waals surface area contributed by atoms with Crippen molar-refractivity contribution in [1.29, 1.82) is 0 Å². The van der Waals surface area contributed by atoms with Crippen LogP contribution >= 0.6 is 0 Å². The normalized spacial score (nSPS) is 22.2. The third-order valence-corrected chi connectivity index (χ3v) is 9.04. The SMILES string of the molecule is CCC1(Cc2nc(-c3ccc(F)cc3)cnc2NCC(=O)Cc2ccc3ccccc3c2)CC2CCC(C2)C1. The van der Waals surface area contributed by atoms with Crippen LogP contribution in [0.3, 0.4) is 0 Å². The Kier molecular flexibility index (Phi) is 7.16. The first kappa shape index (κ1) is 25.7. The maximum Gasteiger partial charge on any atom is 0.156 e. The average molecular weight is 522 g/mol. The van der Waals surface area contributed by atoms with E-state index in [2.05, 4.69) is 36.5 Å². The highest BCUT2D eigenvalue weighted by Crippen LogP contribution is 2.53. The van der Waals surface area contributed by atoms with Crippen molar-refractivity contribution in [3.05, 3.63) is 90.0 Å². The Balaban J connectivity index is 1.23. The fourth-order valence-electron chi connectivity index (χ4n) is 7.05. The highest BCUT2D eigenvalue weighted by molar-refractivity contribution is 5.88. The van der Waals surface area contributed by atoms with E-state index in [0.29, 0.717) is 12.2 Å². The summed E-state index contributed by atoms with van der Waals surface area (Å²) in [6.07, 6.45) is 10.6. The molecule has 0 radical (unpaired) electrons. The van der Waals surface area contributed by atoms with Gasteiger partial charge in [-0.15, -0.1) is 0 Å². The molecule has 0 amide bonds. The molecule has 2 aliphatic carbocycles. The molecule has 200 valence electrons. The van der Waals surface area contributed by atoms with Gasteiger partial charge in [0, 0.05) is 12.0 Å². The van der Waals surface area contributed by atoms with Gasteiger partial charge in [0.1, 0.15) is 11.6 Å². The van der Waals surface area contributed by atoms with Crippen molar-refractivity contribution in [3.63, 3.8) is 0 Å². The van der Waals surface area contributed by atoms with Gasteiger partial charge in [0.25, 0.3) is 0 Å². The molecule has 2 saturated carbocycles. The number of hydrogen-bond donors (Lipinski definition) is 1. The van der Waals surface area contributed by atoms with E-state index in [9.17, 15) is 9.18 Å². The largest absolute Gasteiger partial charge is 0.361 e. The number of carbonyl (C=O) groups is 1. The van der Waals surface area contributed by atoms with Crippen LogP contribution in [0, 0.1) is 23.1 Å². The van der Waals surface area contributed by atoms with Gasteiger partial charge >= 0.3 is 0 Å². The van der Waals surface area contributed by atoms with Gasteiger partial charge in [-0.1, -0.05) is 68.7 Å². The molecule has 2 unspecified atom stereocenters. The summed E-state index contributed by atoms with van der Waals surface area (Å²) in [5.74, 6) is 2.17. The first-order valence-corrected chi connectivity index (χ1v) is 14.3. The summed E-state index contributed by atoms with van der Waals surface area (Å²) in [6, 6.07) is 20.8. The monoisotopic (exact) mass is 521 g/mol. The molecular formula is C34H36FN3O. The predicted octanol–water partition coefficient (Wildman–Crippen LogP) is 7.81. The Morgan fingerprint density at radius 3 is 2.49 bits per heavy atom. The van der Waals surface area contributed by atoms with Gasteiger partial charge in [0.15, 0.2) is 5.78 Å². The molecule has 0 saturated heterocycles. The fourth-order valence-corrected chi connectivity index (χ4v) is 7.05. The van der Waals surface area contributed by atoms with Gasteiger partial charge in [-0.25, -0.2) is 14.4 Å². The number of carbonyl (C=O) groups excluding carboxylic acids is 1. The number of fused-ring (bicyclic) bond motifs is 3. The Labute approximate surface area is 230 Å². The van der Waals surface area contributed by atoms with Crippen molar-refractivity contribution >= 4 is 22.4 Å². The molecule has 1 heterocycles. The van der Waals surface area contributed by atoms with Gasteiger partial charge in [-0.05, 0) is 83.5 Å². The van der Waals surface area contributed by atoms with Crippen molar-refractivity contribution in [3.8, 4) is 11.3 Å². The Hall–Kier alpha value is -3.60. The number of ketones is 1. The van der Waals surface area contributed by atoms with Crippen LogP contribution in [0.5, 0.6) is 0 Å². The summed E-state index contributed by atoms with van der Waals surface area (Å²) in [6.45, 7) is 2.51. The van der Waals surface area contributed by atoms with Crippen LogP contribution in [-0.2, 0) is 17.6 Å². The minimum Gasteiger partial charge on any atom is -0.361 e. The molecular weight excluding hydrogens is 485 g/mol. The Morgan fingerprint density at radius 2 is 1.74 bits per heavy atom. The zero-order valence-electron chi connectivity index (χ0n) is 22.6. The first-order chi connectivity index (χ1) is 19.0. The molecule has 0 aliphatic heterocycles. The van der Waals surface area contributed by atoms with E-state index in [4.69, 9.17) is 9.97 Å². The smallest absolute Gasteiger partial charge is 0.156 e. The number of halogens is 1. The number of anilines is 1. The molecule has 2 fully saturated rings. The second-order valence-electron chi connectivity index (χ2n) is 11.8. The molecule has 5 heteroatoms. The number of aromatic nitrogens is 2. The third-order valence-electron chi connectivity index (χ3n) is 9.04. The average Bonchev–Trinajstić information content (AvgIpc) is 3.30. The molecule has 1 aromatic heterocycles. The van der Waals surface area contributed by atoms with Crippen molar-refractivity contribution < 1.29 is 9.18 Å². The van der Waals surface area contributed by atoms with Crippen molar-refractivity contribution in [2.45, 2.75) is 58.3 Å². The van der Waals surface area contributed by atoms with E-state index in [-0.39, 0.29) is 23.6 Å². The molecule has 4 aromatic rings. The predicted molar refractivity (Wildman–Crippen MR) is 155 cm³/mol. The van der Waals surface area contributed by atoms with Crippen LogP contribution in [0.4, 0.5) is 10.2 Å². The molecule has 6 rings (SSSR count). The number of Topliss-reactive ketones (excluding diaryl/α,β-unsaturated/α-hetero) is 1.